The third kappa shape index (κ3) is 3.43. The molecule has 0 N–H and O–H groups in total. The van der Waals surface area contributed by atoms with Crippen LogP contribution in [-0.2, 0) is 4.79 Å². The maximum atomic E-state index is 13.0. The van der Waals surface area contributed by atoms with E-state index in [0.29, 0.717) is 4.90 Å². The van der Waals surface area contributed by atoms with Gasteiger partial charge >= 0.3 is 6.18 Å². The number of anilines is 1. The monoisotopic (exact) mass is 357 g/mol. The molecule has 0 saturated heterocycles. The van der Waals surface area contributed by atoms with Gasteiger partial charge in [0.15, 0.2) is 0 Å². The highest BCUT2D eigenvalue weighted by Crippen LogP contribution is 2.31. The molecule has 0 bridgehead atoms. The lowest BCUT2D eigenvalue weighted by molar-refractivity contribution is -0.131. The molecule has 0 aliphatic carbocycles. The number of alkyl halides is 3. The summed E-state index contributed by atoms with van der Waals surface area (Å²) in [6, 6.07) is 0.691. The van der Waals surface area contributed by atoms with Gasteiger partial charge in [0.25, 0.3) is 0 Å². The van der Waals surface area contributed by atoms with Crippen LogP contribution in [0.2, 0.25) is 5.02 Å². The number of carbonyl (C=O) groups excluding carboxylic acids is 1. The average molecular weight is 358 g/mol. The van der Waals surface area contributed by atoms with E-state index < -0.39 is 55.4 Å². The van der Waals surface area contributed by atoms with Crippen LogP contribution in [0.25, 0.3) is 0 Å². The summed E-state index contributed by atoms with van der Waals surface area (Å²) in [5, 5.41) is 0.116. The van der Waals surface area contributed by atoms with Crippen LogP contribution in [0.3, 0.4) is 0 Å². The van der Waals surface area contributed by atoms with E-state index in [1.807, 2.05) is 0 Å². The lowest BCUT2D eigenvalue weighted by atomic mass is 10.00. The van der Waals surface area contributed by atoms with Crippen LogP contribution in [0, 0.1) is 0 Å². The lowest BCUT2D eigenvalue weighted by Crippen LogP contribution is -2.40. The molecule has 24 heavy (non-hydrogen) atoms. The van der Waals surface area contributed by atoms with Crippen molar-refractivity contribution >= 4 is 28.9 Å². The minimum Gasteiger partial charge on any atom is -0.301 e. The number of halogens is 4. The molecule has 0 atom stereocenters. The fraction of sp³-hybridized carbons (Fsp3) is 0.176. The highest BCUT2D eigenvalue weighted by Gasteiger charge is 2.36. The van der Waals surface area contributed by atoms with E-state index in [9.17, 15) is 18.0 Å². The quantitative estimate of drug-likeness (QED) is 0.797. The molecule has 1 aliphatic heterocycles. The Morgan fingerprint density at radius 2 is 1.96 bits per heavy atom. The number of amides is 1. The van der Waals surface area contributed by atoms with Crippen LogP contribution in [0.15, 0.2) is 53.4 Å². The molecule has 0 unspecified atom stereocenters. The Balaban J connectivity index is 2.31. The number of fused-ring (bicyclic) bond motifs is 1. The van der Waals surface area contributed by atoms with Crippen molar-refractivity contribution in [3.8, 4) is 0 Å². The molecule has 3 rings (SSSR count). The number of nitrogens with zero attached hydrogens (tertiary/aromatic N) is 2. The Labute approximate surface area is 148 Å². The van der Waals surface area contributed by atoms with Gasteiger partial charge in [-0.05, 0) is 18.2 Å². The second kappa shape index (κ2) is 6.28. The van der Waals surface area contributed by atoms with Crippen molar-refractivity contribution in [3.05, 3.63) is 64.6 Å². The number of hydrogen-bond acceptors (Lipinski definition) is 2. The Morgan fingerprint density at radius 1 is 1.25 bits per heavy atom. The van der Waals surface area contributed by atoms with Crippen LogP contribution >= 0.6 is 11.6 Å². The molecule has 2 aromatic rings. The summed E-state index contributed by atoms with van der Waals surface area (Å²) in [6.45, 7) is -2.26. The normalized spacial score (nSPS) is 17.8. The maximum Gasteiger partial charge on any atom is 0.406 e. The minimum absolute atomic E-state index is 0.0360. The highest BCUT2D eigenvalue weighted by molar-refractivity contribution is 6.32. The van der Waals surface area contributed by atoms with Gasteiger partial charge in [0.05, 0.1) is 18.3 Å². The molecule has 0 saturated carbocycles. The van der Waals surface area contributed by atoms with Gasteiger partial charge < -0.3 is 4.90 Å². The lowest BCUT2D eigenvalue weighted by Gasteiger charge is -2.24. The first-order chi connectivity index (χ1) is 13.4. The smallest absolute Gasteiger partial charge is 0.301 e. The molecule has 0 aromatic heterocycles. The molecular weight excluding hydrogens is 341 g/mol. The third-order valence-electron chi connectivity index (χ3n) is 3.25. The fourth-order valence-electron chi connectivity index (χ4n) is 2.32. The van der Waals surface area contributed by atoms with Crippen molar-refractivity contribution in [3.63, 3.8) is 0 Å². The number of aliphatic imine (C=N–C) groups is 1. The second-order valence-corrected chi connectivity index (χ2v) is 5.36. The molecule has 0 spiro atoms. The Morgan fingerprint density at radius 3 is 2.62 bits per heavy atom. The first-order valence-electron chi connectivity index (χ1n) is 9.21. The Hall–Kier alpha value is -2.34. The van der Waals surface area contributed by atoms with E-state index in [1.54, 1.807) is 0 Å². The summed E-state index contributed by atoms with van der Waals surface area (Å²) in [6.07, 6.45) is -4.69. The molecule has 0 radical (unpaired) electrons. The second-order valence-electron chi connectivity index (χ2n) is 4.92. The predicted molar refractivity (Wildman–Crippen MR) is 86.8 cm³/mol. The van der Waals surface area contributed by atoms with E-state index in [4.69, 9.17) is 18.5 Å². The molecule has 3 nitrogen and oxygen atoms in total. The van der Waals surface area contributed by atoms with Crippen molar-refractivity contribution in [1.29, 1.82) is 0 Å². The van der Waals surface area contributed by atoms with Gasteiger partial charge in [0, 0.05) is 16.1 Å². The number of benzene rings is 2. The first-order valence-corrected chi connectivity index (χ1v) is 7.09. The molecular formula is C17H12ClF3N2O. The van der Waals surface area contributed by atoms with Crippen molar-refractivity contribution < 1.29 is 24.8 Å². The maximum absolute atomic E-state index is 13.0. The zero-order chi connectivity index (χ0) is 21.7. The summed E-state index contributed by atoms with van der Waals surface area (Å²) in [7, 11) is 0. The first kappa shape index (κ1) is 11.3. The topological polar surface area (TPSA) is 32.7 Å². The zero-order valence-corrected chi connectivity index (χ0v) is 12.7. The number of carbonyl (C=O) groups is 1. The van der Waals surface area contributed by atoms with E-state index in [-0.39, 0.29) is 27.5 Å². The van der Waals surface area contributed by atoms with Crippen molar-refractivity contribution in [2.45, 2.75) is 6.18 Å². The van der Waals surface area contributed by atoms with E-state index in [0.717, 1.165) is 0 Å². The van der Waals surface area contributed by atoms with Crippen LogP contribution < -0.4 is 4.90 Å². The van der Waals surface area contributed by atoms with Crippen molar-refractivity contribution in [2.24, 2.45) is 4.99 Å². The third-order valence-corrected chi connectivity index (χ3v) is 3.49. The van der Waals surface area contributed by atoms with Crippen LogP contribution in [0.4, 0.5) is 18.9 Å². The summed E-state index contributed by atoms with van der Waals surface area (Å²) in [5.74, 6) is -0.951. The summed E-state index contributed by atoms with van der Waals surface area (Å²) >= 11 is 5.99. The van der Waals surface area contributed by atoms with Crippen LogP contribution in [-0.4, -0.2) is 30.9 Å². The molecule has 1 heterocycles. The summed E-state index contributed by atoms with van der Waals surface area (Å²) < 4.78 is 78.7. The Bertz CT molecular complexity index is 1030. The van der Waals surface area contributed by atoms with E-state index >= 15 is 0 Å². The Kier molecular flexibility index (Phi) is 2.95. The number of hydrogen-bond donors (Lipinski definition) is 0. The van der Waals surface area contributed by atoms with Gasteiger partial charge in [0.1, 0.15) is 13.1 Å². The van der Waals surface area contributed by atoms with Gasteiger partial charge in [-0.25, -0.2) is 0 Å². The SMILES string of the molecule is [2H]c1c([2H])c([2H])c(C2=NCC(=O)N(CC(F)(F)F)c3ccc(Cl)cc32)c([2H])c1[2H]. The predicted octanol–water partition coefficient (Wildman–Crippen LogP) is 4.09. The zero-order valence-electron chi connectivity index (χ0n) is 17.0. The summed E-state index contributed by atoms with van der Waals surface area (Å²) in [5.41, 5.74) is -0.718. The molecule has 1 amide bonds. The summed E-state index contributed by atoms with van der Waals surface area (Å²) in [4.78, 5) is 16.9. The molecule has 2 aromatic carbocycles. The van der Waals surface area contributed by atoms with E-state index in [1.165, 1.54) is 18.2 Å². The molecule has 124 valence electrons. The molecule has 1 aliphatic rings. The number of benzodiazepines with no additional fused rings is 1. The van der Waals surface area contributed by atoms with Crippen LogP contribution in [0.1, 0.15) is 18.0 Å². The van der Waals surface area contributed by atoms with Gasteiger partial charge in [-0.1, -0.05) is 41.8 Å². The van der Waals surface area contributed by atoms with Crippen LogP contribution in [0.5, 0.6) is 0 Å². The minimum atomic E-state index is -4.69. The average Bonchev–Trinajstić information content (AvgIpc) is 2.76. The van der Waals surface area contributed by atoms with Gasteiger partial charge in [0.2, 0.25) is 5.91 Å². The largest absolute Gasteiger partial charge is 0.406 e. The highest BCUT2D eigenvalue weighted by atomic mass is 35.5. The van der Waals surface area contributed by atoms with Gasteiger partial charge in [-0.15, -0.1) is 0 Å². The van der Waals surface area contributed by atoms with Crippen molar-refractivity contribution in [1.82, 2.24) is 0 Å². The fourth-order valence-corrected chi connectivity index (χ4v) is 2.49. The van der Waals surface area contributed by atoms with Gasteiger partial charge in [-0.3, -0.25) is 9.79 Å². The van der Waals surface area contributed by atoms with Crippen molar-refractivity contribution in [2.75, 3.05) is 18.0 Å². The standard InChI is InChI=1S/C17H12ClF3N2O/c18-12-6-7-14-13(8-12)16(11-4-2-1-3-5-11)22-9-15(24)23(14)10-17(19,20)21/h1-8H,9-10H2/i1D,2D,3D,4D,5D. The molecule has 7 heteroatoms. The van der Waals surface area contributed by atoms with Gasteiger partial charge in [-0.2, -0.15) is 13.2 Å². The number of rotatable bonds is 2. The molecule has 0 fully saturated rings. The van der Waals surface area contributed by atoms with E-state index in [2.05, 4.69) is 4.99 Å².